The standard InChI is InChI=1S/C16H16BrClFNO/c1-8-6-12(17)9(2)14(16(8)21-3)15(20)11-5-4-10(19)7-13(11)18/h4-7,15H,20H2,1-3H3. The molecule has 1 unspecified atom stereocenters. The van der Waals surface area contributed by atoms with Crippen LogP contribution in [0.1, 0.15) is 28.3 Å². The van der Waals surface area contributed by atoms with E-state index in [0.717, 1.165) is 26.9 Å². The highest BCUT2D eigenvalue weighted by atomic mass is 79.9. The molecule has 0 aliphatic rings. The van der Waals surface area contributed by atoms with Crippen molar-refractivity contribution >= 4 is 27.5 Å². The van der Waals surface area contributed by atoms with Gasteiger partial charge in [0.2, 0.25) is 0 Å². The molecule has 2 rings (SSSR count). The molecule has 2 N–H and O–H groups in total. The Morgan fingerprint density at radius 2 is 1.95 bits per heavy atom. The van der Waals surface area contributed by atoms with Crippen molar-refractivity contribution in [3.05, 3.63) is 61.8 Å². The lowest BCUT2D eigenvalue weighted by atomic mass is 9.93. The number of benzene rings is 2. The lowest BCUT2D eigenvalue weighted by Gasteiger charge is -2.22. The average molecular weight is 373 g/mol. The van der Waals surface area contributed by atoms with Gasteiger partial charge in [0, 0.05) is 15.1 Å². The van der Waals surface area contributed by atoms with E-state index < -0.39 is 6.04 Å². The fourth-order valence-electron chi connectivity index (χ4n) is 2.43. The number of nitrogens with two attached hydrogens (primary N) is 1. The summed E-state index contributed by atoms with van der Waals surface area (Å²) in [5, 5.41) is 0.307. The van der Waals surface area contributed by atoms with Crippen molar-refractivity contribution in [3.63, 3.8) is 0 Å². The zero-order chi connectivity index (χ0) is 15.7. The van der Waals surface area contributed by atoms with Crippen molar-refractivity contribution in [3.8, 4) is 5.75 Å². The van der Waals surface area contributed by atoms with E-state index >= 15 is 0 Å². The van der Waals surface area contributed by atoms with Gasteiger partial charge >= 0.3 is 0 Å². The minimum Gasteiger partial charge on any atom is -0.496 e. The average Bonchev–Trinajstić information content (AvgIpc) is 2.41. The maximum absolute atomic E-state index is 13.2. The zero-order valence-corrected chi connectivity index (χ0v) is 14.3. The van der Waals surface area contributed by atoms with Crippen LogP contribution in [-0.4, -0.2) is 7.11 Å². The van der Waals surface area contributed by atoms with E-state index in [9.17, 15) is 4.39 Å². The monoisotopic (exact) mass is 371 g/mol. The summed E-state index contributed by atoms with van der Waals surface area (Å²) in [7, 11) is 1.61. The van der Waals surface area contributed by atoms with Gasteiger partial charge in [0.1, 0.15) is 11.6 Å². The van der Waals surface area contributed by atoms with Crippen LogP contribution in [0.4, 0.5) is 4.39 Å². The molecule has 1 atom stereocenters. The van der Waals surface area contributed by atoms with Crippen LogP contribution < -0.4 is 10.5 Å². The molecule has 0 saturated carbocycles. The van der Waals surface area contributed by atoms with Gasteiger partial charge < -0.3 is 10.5 Å². The number of hydrogen-bond donors (Lipinski definition) is 1. The van der Waals surface area contributed by atoms with Gasteiger partial charge in [-0.15, -0.1) is 0 Å². The molecule has 0 heterocycles. The summed E-state index contributed by atoms with van der Waals surface area (Å²) in [6, 6.07) is 5.72. The van der Waals surface area contributed by atoms with Gasteiger partial charge in [-0.2, -0.15) is 0 Å². The molecule has 0 amide bonds. The molecule has 21 heavy (non-hydrogen) atoms. The number of ether oxygens (including phenoxy) is 1. The highest BCUT2D eigenvalue weighted by Gasteiger charge is 2.22. The summed E-state index contributed by atoms with van der Waals surface area (Å²) >= 11 is 9.66. The SMILES string of the molecule is COc1c(C)cc(Br)c(C)c1C(N)c1ccc(F)cc1Cl. The third-order valence-electron chi connectivity index (χ3n) is 3.52. The van der Waals surface area contributed by atoms with Crippen LogP contribution in [0, 0.1) is 19.7 Å². The van der Waals surface area contributed by atoms with Gasteiger partial charge in [0.15, 0.2) is 0 Å². The van der Waals surface area contributed by atoms with Crippen LogP contribution in [0.15, 0.2) is 28.7 Å². The summed E-state index contributed by atoms with van der Waals surface area (Å²) in [4.78, 5) is 0. The molecule has 0 aromatic heterocycles. The quantitative estimate of drug-likeness (QED) is 0.830. The Bertz CT molecular complexity index is 690. The first-order valence-corrected chi connectivity index (χ1v) is 7.58. The molecule has 0 bridgehead atoms. The molecular weight excluding hydrogens is 357 g/mol. The van der Waals surface area contributed by atoms with E-state index in [1.807, 2.05) is 19.9 Å². The fourth-order valence-corrected chi connectivity index (χ4v) is 3.27. The molecular formula is C16H16BrClFNO. The predicted molar refractivity (Wildman–Crippen MR) is 87.6 cm³/mol. The lowest BCUT2D eigenvalue weighted by Crippen LogP contribution is -2.16. The molecule has 2 aromatic rings. The van der Waals surface area contributed by atoms with E-state index in [2.05, 4.69) is 15.9 Å². The van der Waals surface area contributed by atoms with E-state index in [1.54, 1.807) is 13.2 Å². The first-order chi connectivity index (χ1) is 9.86. The predicted octanol–water partition coefficient (Wildman–Crippen LogP) is 4.92. The zero-order valence-electron chi connectivity index (χ0n) is 12.0. The van der Waals surface area contributed by atoms with Gasteiger partial charge in [-0.3, -0.25) is 0 Å². The van der Waals surface area contributed by atoms with E-state index in [4.69, 9.17) is 22.1 Å². The molecule has 0 fully saturated rings. The number of rotatable bonds is 3. The van der Waals surface area contributed by atoms with Crippen LogP contribution >= 0.6 is 27.5 Å². The highest BCUT2D eigenvalue weighted by Crippen LogP contribution is 2.39. The first kappa shape index (κ1) is 16.3. The van der Waals surface area contributed by atoms with Gasteiger partial charge in [0.05, 0.1) is 13.2 Å². The number of halogens is 3. The first-order valence-electron chi connectivity index (χ1n) is 6.41. The molecule has 112 valence electrons. The Morgan fingerprint density at radius 3 is 2.52 bits per heavy atom. The Labute approximate surface area is 137 Å². The van der Waals surface area contributed by atoms with Gasteiger partial charge in [-0.05, 0) is 48.7 Å². The molecule has 0 saturated heterocycles. The Morgan fingerprint density at radius 1 is 1.29 bits per heavy atom. The van der Waals surface area contributed by atoms with Crippen molar-refractivity contribution in [2.24, 2.45) is 5.73 Å². The number of aryl methyl sites for hydroxylation is 1. The van der Waals surface area contributed by atoms with Crippen molar-refractivity contribution < 1.29 is 9.13 Å². The second kappa shape index (κ2) is 6.34. The summed E-state index contributed by atoms with van der Waals surface area (Å²) < 4.78 is 19.7. The second-order valence-corrected chi connectivity index (χ2v) is 6.15. The number of methoxy groups -OCH3 is 1. The lowest BCUT2D eigenvalue weighted by molar-refractivity contribution is 0.404. The number of hydrogen-bond acceptors (Lipinski definition) is 2. The van der Waals surface area contributed by atoms with Gasteiger partial charge in [-0.25, -0.2) is 4.39 Å². The largest absolute Gasteiger partial charge is 0.496 e. The van der Waals surface area contributed by atoms with Crippen molar-refractivity contribution in [2.45, 2.75) is 19.9 Å². The normalized spacial score (nSPS) is 12.3. The molecule has 0 aliphatic heterocycles. The maximum Gasteiger partial charge on any atom is 0.127 e. The van der Waals surface area contributed by atoms with E-state index in [-0.39, 0.29) is 5.82 Å². The van der Waals surface area contributed by atoms with Crippen molar-refractivity contribution in [1.29, 1.82) is 0 Å². The topological polar surface area (TPSA) is 35.2 Å². The van der Waals surface area contributed by atoms with Crippen molar-refractivity contribution in [2.75, 3.05) is 7.11 Å². The van der Waals surface area contributed by atoms with Crippen LogP contribution in [0.25, 0.3) is 0 Å². The Hall–Kier alpha value is -1.10. The molecule has 0 radical (unpaired) electrons. The minimum atomic E-state index is -0.496. The fraction of sp³-hybridized carbons (Fsp3) is 0.250. The van der Waals surface area contributed by atoms with Crippen LogP contribution in [-0.2, 0) is 0 Å². The summed E-state index contributed by atoms with van der Waals surface area (Å²) in [5.41, 5.74) is 9.83. The van der Waals surface area contributed by atoms with Gasteiger partial charge in [-0.1, -0.05) is 33.6 Å². The maximum atomic E-state index is 13.2. The van der Waals surface area contributed by atoms with Crippen LogP contribution in [0.2, 0.25) is 5.02 Å². The summed E-state index contributed by atoms with van der Waals surface area (Å²) in [5.74, 6) is 0.341. The van der Waals surface area contributed by atoms with Crippen LogP contribution in [0.3, 0.4) is 0 Å². The summed E-state index contributed by atoms with van der Waals surface area (Å²) in [6.45, 7) is 3.91. The van der Waals surface area contributed by atoms with E-state index in [0.29, 0.717) is 10.6 Å². The van der Waals surface area contributed by atoms with Crippen molar-refractivity contribution in [1.82, 2.24) is 0 Å². The summed E-state index contributed by atoms with van der Waals surface area (Å²) in [6.07, 6.45) is 0. The Balaban J connectivity index is 2.65. The molecule has 0 spiro atoms. The third kappa shape index (κ3) is 3.07. The second-order valence-electron chi connectivity index (χ2n) is 4.89. The highest BCUT2D eigenvalue weighted by molar-refractivity contribution is 9.10. The minimum absolute atomic E-state index is 0.307. The smallest absolute Gasteiger partial charge is 0.127 e. The van der Waals surface area contributed by atoms with Crippen LogP contribution in [0.5, 0.6) is 5.75 Å². The molecule has 2 nitrogen and oxygen atoms in total. The Kier molecular flexibility index (Phi) is 4.91. The third-order valence-corrected chi connectivity index (χ3v) is 4.67. The molecule has 2 aromatic carbocycles. The molecule has 0 aliphatic carbocycles. The van der Waals surface area contributed by atoms with E-state index in [1.165, 1.54) is 12.1 Å². The molecule has 5 heteroatoms. The van der Waals surface area contributed by atoms with Gasteiger partial charge in [0.25, 0.3) is 0 Å².